The minimum atomic E-state index is -1.04. The largest absolute Gasteiger partial charge is 0.351 e. The molecule has 1 N–H and O–H groups in total. The number of nitrogens with one attached hydrogen (secondary N) is 1. The fourth-order valence-electron chi connectivity index (χ4n) is 2.05. The van der Waals surface area contributed by atoms with Gasteiger partial charge < -0.3 is 5.32 Å². The molecule has 0 saturated heterocycles. The zero-order chi connectivity index (χ0) is 16.3. The summed E-state index contributed by atoms with van der Waals surface area (Å²) in [5, 5.41) is 3.36. The molecule has 0 atom stereocenters. The maximum Gasteiger partial charge on any atom is 0.251 e. The topological polar surface area (TPSA) is 29.1 Å². The third-order valence-corrected chi connectivity index (χ3v) is 3.71. The van der Waals surface area contributed by atoms with Gasteiger partial charge in [0.25, 0.3) is 5.91 Å². The van der Waals surface area contributed by atoms with Gasteiger partial charge in [-0.25, -0.2) is 8.78 Å². The maximum absolute atomic E-state index is 13.2. The fraction of sp³-hybridized carbons (Fsp3) is 0.235. The first-order valence-electron chi connectivity index (χ1n) is 6.79. The van der Waals surface area contributed by atoms with Gasteiger partial charge in [0.05, 0.1) is 0 Å². The molecule has 2 aromatic rings. The molecule has 0 spiro atoms. The monoisotopic (exact) mass is 323 g/mol. The summed E-state index contributed by atoms with van der Waals surface area (Å²) in [7, 11) is 0. The van der Waals surface area contributed by atoms with E-state index in [0.29, 0.717) is 11.6 Å². The summed E-state index contributed by atoms with van der Waals surface area (Å²) in [5.74, 6) is -2.47. The number of amides is 1. The highest BCUT2D eigenvalue weighted by molar-refractivity contribution is 6.30. The quantitative estimate of drug-likeness (QED) is 0.891. The fourth-order valence-corrected chi connectivity index (χ4v) is 2.24. The van der Waals surface area contributed by atoms with E-state index < -0.39 is 17.5 Å². The van der Waals surface area contributed by atoms with Crippen LogP contribution in [0.3, 0.4) is 0 Å². The molecule has 0 aliphatic carbocycles. The Labute approximate surface area is 133 Å². The van der Waals surface area contributed by atoms with Gasteiger partial charge in [-0.05, 0) is 35.9 Å². The van der Waals surface area contributed by atoms with E-state index in [1.54, 1.807) is 6.07 Å². The smallest absolute Gasteiger partial charge is 0.251 e. The van der Waals surface area contributed by atoms with Crippen LogP contribution < -0.4 is 5.32 Å². The summed E-state index contributed by atoms with van der Waals surface area (Å²) >= 11 is 5.98. The van der Waals surface area contributed by atoms with Gasteiger partial charge in [0.15, 0.2) is 11.6 Å². The molecule has 0 unspecified atom stereocenters. The highest BCUT2D eigenvalue weighted by atomic mass is 35.5. The molecule has 1 amide bonds. The van der Waals surface area contributed by atoms with E-state index in [4.69, 9.17) is 11.6 Å². The van der Waals surface area contributed by atoms with Crippen LogP contribution in [-0.2, 0) is 5.41 Å². The number of halogens is 3. The van der Waals surface area contributed by atoms with E-state index in [1.807, 2.05) is 32.0 Å². The van der Waals surface area contributed by atoms with Crippen LogP contribution in [0.25, 0.3) is 0 Å². The molecule has 0 aliphatic heterocycles. The van der Waals surface area contributed by atoms with Gasteiger partial charge >= 0.3 is 0 Å². The molecule has 2 aromatic carbocycles. The molecule has 116 valence electrons. The Kier molecular flexibility index (Phi) is 4.81. The van der Waals surface area contributed by atoms with Crippen LogP contribution in [-0.4, -0.2) is 12.5 Å². The van der Waals surface area contributed by atoms with Gasteiger partial charge in [-0.3, -0.25) is 4.79 Å². The number of rotatable bonds is 4. The van der Waals surface area contributed by atoms with Crippen molar-refractivity contribution in [2.75, 3.05) is 6.54 Å². The Balaban J connectivity index is 2.08. The molecule has 0 aromatic heterocycles. The second kappa shape index (κ2) is 6.44. The predicted octanol–water partition coefficient (Wildman–Crippen LogP) is 4.33. The highest BCUT2D eigenvalue weighted by Gasteiger charge is 2.22. The summed E-state index contributed by atoms with van der Waals surface area (Å²) in [6.07, 6.45) is 0. The van der Waals surface area contributed by atoms with E-state index in [-0.39, 0.29) is 11.0 Å². The van der Waals surface area contributed by atoms with Gasteiger partial charge in [0.1, 0.15) is 0 Å². The van der Waals surface area contributed by atoms with E-state index >= 15 is 0 Å². The lowest BCUT2D eigenvalue weighted by molar-refractivity contribution is 0.0945. The minimum Gasteiger partial charge on any atom is -0.351 e. The summed E-state index contributed by atoms with van der Waals surface area (Å²) in [6, 6.07) is 10.5. The van der Waals surface area contributed by atoms with Crippen LogP contribution in [0, 0.1) is 11.6 Å². The maximum atomic E-state index is 13.2. The molecular weight excluding hydrogens is 308 g/mol. The minimum absolute atomic E-state index is 0.0841. The van der Waals surface area contributed by atoms with E-state index in [0.717, 1.165) is 17.7 Å². The molecule has 0 bridgehead atoms. The number of carbonyl (C=O) groups excluding carboxylic acids is 1. The molecule has 0 aliphatic rings. The Morgan fingerprint density at radius 2 is 1.86 bits per heavy atom. The summed E-state index contributed by atoms with van der Waals surface area (Å²) in [5.41, 5.74) is 0.713. The second-order valence-electron chi connectivity index (χ2n) is 5.71. The van der Waals surface area contributed by atoms with E-state index in [2.05, 4.69) is 5.32 Å². The van der Waals surface area contributed by atoms with Crippen LogP contribution in [0.1, 0.15) is 29.8 Å². The SMILES string of the molecule is CC(C)(CNC(=O)c1ccc(F)c(F)c1)c1cccc(Cl)c1. The Hall–Kier alpha value is -1.94. The van der Waals surface area contributed by atoms with Gasteiger partial charge in [-0.1, -0.05) is 37.6 Å². The number of hydrogen-bond acceptors (Lipinski definition) is 1. The van der Waals surface area contributed by atoms with Gasteiger partial charge in [-0.2, -0.15) is 0 Å². The van der Waals surface area contributed by atoms with Crippen molar-refractivity contribution in [3.05, 3.63) is 70.2 Å². The van der Waals surface area contributed by atoms with Gasteiger partial charge in [0.2, 0.25) is 0 Å². The lowest BCUT2D eigenvalue weighted by Gasteiger charge is -2.26. The molecular formula is C17H16ClF2NO. The number of benzene rings is 2. The first-order chi connectivity index (χ1) is 10.3. The zero-order valence-corrected chi connectivity index (χ0v) is 13.0. The van der Waals surface area contributed by atoms with Crippen molar-refractivity contribution in [2.45, 2.75) is 19.3 Å². The van der Waals surface area contributed by atoms with Crippen molar-refractivity contribution in [3.63, 3.8) is 0 Å². The van der Waals surface area contributed by atoms with Crippen molar-refractivity contribution in [3.8, 4) is 0 Å². The van der Waals surface area contributed by atoms with Gasteiger partial charge in [-0.15, -0.1) is 0 Å². The molecule has 0 saturated carbocycles. The molecule has 22 heavy (non-hydrogen) atoms. The number of hydrogen-bond donors (Lipinski definition) is 1. The third kappa shape index (κ3) is 3.83. The summed E-state index contributed by atoms with van der Waals surface area (Å²) in [6.45, 7) is 4.26. The standard InChI is InChI=1S/C17H16ClF2NO/c1-17(2,12-4-3-5-13(18)9-12)10-21-16(22)11-6-7-14(19)15(20)8-11/h3-9H,10H2,1-2H3,(H,21,22). The average molecular weight is 324 g/mol. The first kappa shape index (κ1) is 16.4. The molecule has 2 rings (SSSR count). The van der Waals surface area contributed by atoms with Gasteiger partial charge in [0, 0.05) is 22.5 Å². The van der Waals surface area contributed by atoms with Crippen LogP contribution in [0.4, 0.5) is 8.78 Å². The second-order valence-corrected chi connectivity index (χ2v) is 6.14. The van der Waals surface area contributed by atoms with Crippen molar-refractivity contribution in [1.82, 2.24) is 5.32 Å². The molecule has 0 fully saturated rings. The Morgan fingerprint density at radius 1 is 1.14 bits per heavy atom. The van der Waals surface area contributed by atoms with E-state index in [9.17, 15) is 13.6 Å². The third-order valence-electron chi connectivity index (χ3n) is 3.48. The van der Waals surface area contributed by atoms with Crippen molar-refractivity contribution < 1.29 is 13.6 Å². The normalized spacial score (nSPS) is 11.3. The lowest BCUT2D eigenvalue weighted by Crippen LogP contribution is -2.36. The van der Waals surface area contributed by atoms with Crippen LogP contribution in [0.15, 0.2) is 42.5 Å². The van der Waals surface area contributed by atoms with Crippen LogP contribution in [0.2, 0.25) is 5.02 Å². The summed E-state index contributed by atoms with van der Waals surface area (Å²) in [4.78, 5) is 12.0. The van der Waals surface area contributed by atoms with Crippen molar-refractivity contribution in [1.29, 1.82) is 0 Å². The van der Waals surface area contributed by atoms with Crippen molar-refractivity contribution in [2.24, 2.45) is 0 Å². The Bertz CT molecular complexity index is 701. The molecule has 0 radical (unpaired) electrons. The van der Waals surface area contributed by atoms with E-state index in [1.165, 1.54) is 6.07 Å². The molecule has 2 nitrogen and oxygen atoms in total. The zero-order valence-electron chi connectivity index (χ0n) is 12.3. The lowest BCUT2D eigenvalue weighted by atomic mass is 9.84. The molecule has 0 heterocycles. The first-order valence-corrected chi connectivity index (χ1v) is 7.17. The Morgan fingerprint density at radius 3 is 2.50 bits per heavy atom. The van der Waals surface area contributed by atoms with Crippen LogP contribution in [0.5, 0.6) is 0 Å². The number of carbonyl (C=O) groups is 1. The van der Waals surface area contributed by atoms with Crippen molar-refractivity contribution >= 4 is 17.5 Å². The van der Waals surface area contributed by atoms with Crippen LogP contribution >= 0.6 is 11.6 Å². The highest BCUT2D eigenvalue weighted by Crippen LogP contribution is 2.25. The molecule has 5 heteroatoms. The average Bonchev–Trinajstić information content (AvgIpc) is 2.48. The predicted molar refractivity (Wildman–Crippen MR) is 83.2 cm³/mol. The summed E-state index contributed by atoms with van der Waals surface area (Å²) < 4.78 is 26.0.